The first kappa shape index (κ1) is 18.2. The van der Waals surface area contributed by atoms with Crippen molar-refractivity contribution in [2.45, 2.75) is 53.4 Å². The van der Waals surface area contributed by atoms with Crippen LogP contribution < -0.4 is 0 Å². The van der Waals surface area contributed by atoms with E-state index in [1.54, 1.807) is 6.92 Å². The van der Waals surface area contributed by atoms with Gasteiger partial charge in [-0.05, 0) is 56.1 Å². The first-order chi connectivity index (χ1) is 10.2. The van der Waals surface area contributed by atoms with E-state index in [4.69, 9.17) is 5.11 Å². The van der Waals surface area contributed by atoms with Gasteiger partial charge in [-0.25, -0.2) is 4.79 Å². The molecule has 0 aliphatic heterocycles. The molecule has 0 aromatic rings. The zero-order valence-corrected chi connectivity index (χ0v) is 14.3. The van der Waals surface area contributed by atoms with Crippen LogP contribution in [0, 0.1) is 5.41 Å². The fourth-order valence-corrected chi connectivity index (χ4v) is 2.92. The van der Waals surface area contributed by atoms with Crippen LogP contribution in [0.1, 0.15) is 53.4 Å². The van der Waals surface area contributed by atoms with Crippen LogP contribution in [0.15, 0.2) is 59.3 Å². The van der Waals surface area contributed by atoms with Gasteiger partial charge in [-0.15, -0.1) is 0 Å². The standard InChI is InChI=1S/C20H28O2/c1-15(8-6-9-16(2)14-19(21)22)11-12-18-17(3)10-7-13-20(18,4)5/h6,9,11-12,14H,1,7-8,10,13H2,2-5H3,(H,21,22)/b9-6+,12-11+,16-14-. The zero-order valence-electron chi connectivity index (χ0n) is 14.3. The first-order valence-corrected chi connectivity index (χ1v) is 7.86. The van der Waals surface area contributed by atoms with E-state index in [1.807, 2.05) is 12.2 Å². The minimum atomic E-state index is -0.914. The Morgan fingerprint density at radius 2 is 2.05 bits per heavy atom. The van der Waals surface area contributed by atoms with E-state index in [0.717, 1.165) is 17.6 Å². The van der Waals surface area contributed by atoms with Crippen LogP contribution in [-0.4, -0.2) is 11.1 Å². The van der Waals surface area contributed by atoms with Crippen molar-refractivity contribution in [2.75, 3.05) is 0 Å². The van der Waals surface area contributed by atoms with Gasteiger partial charge in [0.25, 0.3) is 0 Å². The minimum absolute atomic E-state index is 0.246. The molecule has 1 N–H and O–H groups in total. The maximum atomic E-state index is 10.5. The summed E-state index contributed by atoms with van der Waals surface area (Å²) in [6, 6.07) is 0. The van der Waals surface area contributed by atoms with Gasteiger partial charge in [0.2, 0.25) is 0 Å². The molecule has 0 saturated heterocycles. The third-order valence-electron chi connectivity index (χ3n) is 4.14. The number of aliphatic carboxylic acids is 1. The van der Waals surface area contributed by atoms with Gasteiger partial charge in [-0.3, -0.25) is 0 Å². The number of carboxylic acid groups (broad SMARTS) is 1. The van der Waals surface area contributed by atoms with Gasteiger partial charge in [0, 0.05) is 6.08 Å². The maximum Gasteiger partial charge on any atom is 0.328 e. The molecule has 0 atom stereocenters. The van der Waals surface area contributed by atoms with Gasteiger partial charge in [-0.1, -0.05) is 55.9 Å². The van der Waals surface area contributed by atoms with Crippen molar-refractivity contribution >= 4 is 5.97 Å². The number of carbonyl (C=O) groups is 1. The second kappa shape index (κ2) is 7.98. The van der Waals surface area contributed by atoms with Crippen molar-refractivity contribution in [1.82, 2.24) is 0 Å². The van der Waals surface area contributed by atoms with Gasteiger partial charge in [0.1, 0.15) is 0 Å². The molecule has 2 heteroatoms. The van der Waals surface area contributed by atoms with Crippen molar-refractivity contribution in [2.24, 2.45) is 5.41 Å². The van der Waals surface area contributed by atoms with Gasteiger partial charge >= 0.3 is 5.97 Å². The summed E-state index contributed by atoms with van der Waals surface area (Å²) in [5.74, 6) is -0.914. The van der Waals surface area contributed by atoms with Gasteiger partial charge in [0.05, 0.1) is 0 Å². The summed E-state index contributed by atoms with van der Waals surface area (Å²) >= 11 is 0. The number of rotatable bonds is 6. The third-order valence-corrected chi connectivity index (χ3v) is 4.14. The van der Waals surface area contributed by atoms with Gasteiger partial charge in [-0.2, -0.15) is 0 Å². The average molecular weight is 300 g/mol. The number of hydrogen-bond donors (Lipinski definition) is 1. The Morgan fingerprint density at radius 3 is 2.64 bits per heavy atom. The molecule has 1 rings (SSSR count). The summed E-state index contributed by atoms with van der Waals surface area (Å²) in [5, 5.41) is 8.65. The summed E-state index contributed by atoms with van der Waals surface area (Å²) in [6.45, 7) is 12.7. The van der Waals surface area contributed by atoms with Crippen molar-refractivity contribution < 1.29 is 9.90 Å². The highest BCUT2D eigenvalue weighted by atomic mass is 16.4. The number of carboxylic acids is 1. The topological polar surface area (TPSA) is 37.3 Å². The van der Waals surface area contributed by atoms with Crippen LogP contribution in [0.25, 0.3) is 0 Å². The molecule has 0 aromatic heterocycles. The third kappa shape index (κ3) is 5.88. The van der Waals surface area contributed by atoms with Gasteiger partial charge < -0.3 is 5.11 Å². The van der Waals surface area contributed by atoms with Crippen LogP contribution in [0.5, 0.6) is 0 Å². The largest absolute Gasteiger partial charge is 0.478 e. The monoisotopic (exact) mass is 300 g/mol. The SMILES string of the molecule is C=C(/C=C/C1=C(C)CCCC1(C)C)C/C=C/C(C)=C\C(=O)O. The molecule has 2 nitrogen and oxygen atoms in total. The molecular weight excluding hydrogens is 272 g/mol. The molecule has 1 aliphatic carbocycles. The smallest absolute Gasteiger partial charge is 0.328 e. The van der Waals surface area contributed by atoms with Crippen molar-refractivity contribution in [1.29, 1.82) is 0 Å². The Morgan fingerprint density at radius 1 is 1.36 bits per heavy atom. The van der Waals surface area contributed by atoms with Crippen LogP contribution in [0.3, 0.4) is 0 Å². The highest BCUT2D eigenvalue weighted by Crippen LogP contribution is 2.40. The average Bonchev–Trinajstić information content (AvgIpc) is 2.36. The molecule has 0 amide bonds. The van der Waals surface area contributed by atoms with Crippen LogP contribution in [0.4, 0.5) is 0 Å². The Labute approximate surface area is 134 Å². The molecular formula is C20H28O2. The normalized spacial score (nSPS) is 19.2. The second-order valence-electron chi connectivity index (χ2n) is 6.76. The van der Waals surface area contributed by atoms with E-state index in [9.17, 15) is 4.79 Å². The van der Waals surface area contributed by atoms with Crippen LogP contribution in [0.2, 0.25) is 0 Å². The Hall–Kier alpha value is -1.83. The highest BCUT2D eigenvalue weighted by molar-refractivity contribution is 5.81. The maximum absolute atomic E-state index is 10.5. The van der Waals surface area contributed by atoms with Crippen molar-refractivity contribution in [3.8, 4) is 0 Å². The summed E-state index contributed by atoms with van der Waals surface area (Å²) in [6.07, 6.45) is 13.7. The molecule has 22 heavy (non-hydrogen) atoms. The molecule has 0 bridgehead atoms. The lowest BCUT2D eigenvalue weighted by Gasteiger charge is -2.33. The Kier molecular flexibility index (Phi) is 6.61. The Bertz CT molecular complexity index is 554. The molecule has 1 aliphatic rings. The molecule has 0 spiro atoms. The molecule has 0 radical (unpaired) electrons. The molecule has 0 heterocycles. The summed E-state index contributed by atoms with van der Waals surface area (Å²) in [5.41, 5.74) is 4.93. The highest BCUT2D eigenvalue weighted by Gasteiger charge is 2.26. The first-order valence-electron chi connectivity index (χ1n) is 7.86. The van der Waals surface area contributed by atoms with Crippen molar-refractivity contribution in [3.63, 3.8) is 0 Å². The molecule has 0 saturated carbocycles. The van der Waals surface area contributed by atoms with Gasteiger partial charge in [0.15, 0.2) is 0 Å². The number of allylic oxidation sites excluding steroid dienone is 8. The van der Waals surface area contributed by atoms with E-state index in [0.29, 0.717) is 0 Å². The predicted octanol–water partition coefficient (Wildman–Crippen LogP) is 5.60. The predicted molar refractivity (Wildman–Crippen MR) is 93.8 cm³/mol. The van der Waals surface area contributed by atoms with Crippen molar-refractivity contribution in [3.05, 3.63) is 59.3 Å². The minimum Gasteiger partial charge on any atom is -0.478 e. The zero-order chi connectivity index (χ0) is 16.8. The van der Waals surface area contributed by atoms with E-state index in [-0.39, 0.29) is 5.41 Å². The van der Waals surface area contributed by atoms with E-state index in [2.05, 4.69) is 39.5 Å². The lowest BCUT2D eigenvalue weighted by atomic mass is 9.72. The summed E-state index contributed by atoms with van der Waals surface area (Å²) in [4.78, 5) is 10.5. The van der Waals surface area contributed by atoms with Crippen LogP contribution in [-0.2, 0) is 4.79 Å². The summed E-state index contributed by atoms with van der Waals surface area (Å²) < 4.78 is 0. The lowest BCUT2D eigenvalue weighted by molar-refractivity contribution is -0.131. The number of hydrogen-bond acceptors (Lipinski definition) is 1. The summed E-state index contributed by atoms with van der Waals surface area (Å²) in [7, 11) is 0. The lowest BCUT2D eigenvalue weighted by Crippen LogP contribution is -2.19. The Balaban J connectivity index is 2.65. The van der Waals surface area contributed by atoms with Crippen LogP contribution >= 0.6 is 0 Å². The molecule has 120 valence electrons. The van der Waals surface area contributed by atoms with E-state index in [1.165, 1.54) is 36.5 Å². The molecule has 0 unspecified atom stereocenters. The molecule has 0 fully saturated rings. The second-order valence-corrected chi connectivity index (χ2v) is 6.76. The fraction of sp³-hybridized carbons (Fsp3) is 0.450. The fourth-order valence-electron chi connectivity index (χ4n) is 2.92. The van der Waals surface area contributed by atoms with E-state index < -0.39 is 5.97 Å². The molecule has 0 aromatic carbocycles. The quantitative estimate of drug-likeness (QED) is 0.512. The van der Waals surface area contributed by atoms with E-state index >= 15 is 0 Å².